The highest BCUT2D eigenvalue weighted by molar-refractivity contribution is 7.91. The Bertz CT molecular complexity index is 329. The Balaban J connectivity index is 2.39. The first-order valence-corrected chi connectivity index (χ1v) is 8.64. The van der Waals surface area contributed by atoms with Crippen LogP contribution in [0.4, 0.5) is 0 Å². The van der Waals surface area contributed by atoms with Gasteiger partial charge in [-0.25, -0.2) is 8.42 Å². The molecule has 1 saturated carbocycles. The van der Waals surface area contributed by atoms with Crippen LogP contribution in [0.3, 0.4) is 0 Å². The van der Waals surface area contributed by atoms with E-state index >= 15 is 0 Å². The molecular formula is C13H26O4S. The van der Waals surface area contributed by atoms with E-state index in [0.717, 1.165) is 12.8 Å². The van der Waals surface area contributed by atoms with Crippen molar-refractivity contribution in [1.82, 2.24) is 0 Å². The van der Waals surface area contributed by atoms with Gasteiger partial charge in [-0.2, -0.15) is 0 Å². The summed E-state index contributed by atoms with van der Waals surface area (Å²) in [4.78, 5) is 0. The quantitative estimate of drug-likeness (QED) is 0.766. The molecule has 18 heavy (non-hydrogen) atoms. The second kappa shape index (κ2) is 6.87. The lowest BCUT2D eigenvalue weighted by Gasteiger charge is -2.31. The molecule has 1 aliphatic carbocycles. The van der Waals surface area contributed by atoms with E-state index in [1.807, 2.05) is 0 Å². The van der Waals surface area contributed by atoms with E-state index in [2.05, 4.69) is 13.8 Å². The zero-order valence-corrected chi connectivity index (χ0v) is 12.2. The maximum absolute atomic E-state index is 11.7. The van der Waals surface area contributed by atoms with E-state index in [1.54, 1.807) is 0 Å². The normalized spacial score (nSPS) is 31.2. The van der Waals surface area contributed by atoms with Crippen LogP contribution in [0.1, 0.15) is 39.5 Å². The molecule has 0 spiro atoms. The third-order valence-electron chi connectivity index (χ3n) is 3.77. The molecule has 5 heteroatoms. The molecule has 0 radical (unpaired) electrons. The summed E-state index contributed by atoms with van der Waals surface area (Å²) in [5.41, 5.74) is 0. The summed E-state index contributed by atoms with van der Waals surface area (Å²) in [6, 6.07) is 0. The van der Waals surface area contributed by atoms with Crippen LogP contribution in [0, 0.1) is 17.8 Å². The number of rotatable bonds is 6. The van der Waals surface area contributed by atoms with E-state index in [0.29, 0.717) is 24.2 Å². The van der Waals surface area contributed by atoms with Crippen molar-refractivity contribution in [3.05, 3.63) is 0 Å². The topological polar surface area (TPSA) is 74.6 Å². The highest BCUT2D eigenvalue weighted by Gasteiger charge is 2.26. The molecule has 0 aromatic heterocycles. The van der Waals surface area contributed by atoms with Crippen molar-refractivity contribution in [2.45, 2.75) is 45.6 Å². The molecule has 0 aliphatic heterocycles. The Morgan fingerprint density at radius 1 is 1.17 bits per heavy atom. The summed E-state index contributed by atoms with van der Waals surface area (Å²) in [6.45, 7) is 3.97. The van der Waals surface area contributed by atoms with E-state index in [-0.39, 0.29) is 11.5 Å². The van der Waals surface area contributed by atoms with Crippen LogP contribution in [-0.2, 0) is 9.84 Å². The second-order valence-corrected chi connectivity index (χ2v) is 8.25. The van der Waals surface area contributed by atoms with Gasteiger partial charge in [-0.05, 0) is 43.4 Å². The molecule has 4 nitrogen and oxygen atoms in total. The molecule has 1 aliphatic rings. The third-order valence-corrected chi connectivity index (χ3v) is 5.52. The van der Waals surface area contributed by atoms with Crippen LogP contribution >= 0.6 is 0 Å². The van der Waals surface area contributed by atoms with Crippen LogP contribution in [0.15, 0.2) is 0 Å². The number of aliphatic hydroxyl groups excluding tert-OH is 2. The van der Waals surface area contributed by atoms with Crippen LogP contribution in [0.2, 0.25) is 0 Å². The molecule has 0 saturated heterocycles. The molecule has 3 atom stereocenters. The monoisotopic (exact) mass is 278 g/mol. The fraction of sp³-hybridized carbons (Fsp3) is 1.00. The SMILES string of the molecule is C[C@H]1CC(CCS(=O)(=O)C[C@@H](O)CO)C[C@H](C)C1. The van der Waals surface area contributed by atoms with E-state index in [4.69, 9.17) is 5.11 Å². The zero-order valence-electron chi connectivity index (χ0n) is 11.4. The first kappa shape index (κ1) is 15.9. The molecule has 0 bridgehead atoms. The second-order valence-electron chi connectivity index (χ2n) is 6.02. The maximum atomic E-state index is 11.7. The van der Waals surface area contributed by atoms with Gasteiger partial charge in [0.05, 0.1) is 24.2 Å². The van der Waals surface area contributed by atoms with Gasteiger partial charge >= 0.3 is 0 Å². The average Bonchev–Trinajstić information content (AvgIpc) is 2.24. The minimum absolute atomic E-state index is 0.133. The van der Waals surface area contributed by atoms with Gasteiger partial charge in [-0.3, -0.25) is 0 Å². The number of hydrogen-bond acceptors (Lipinski definition) is 4. The van der Waals surface area contributed by atoms with Crippen molar-refractivity contribution >= 4 is 9.84 Å². The highest BCUT2D eigenvalue weighted by atomic mass is 32.2. The summed E-state index contributed by atoms with van der Waals surface area (Å²) in [5, 5.41) is 17.9. The Labute approximate surface area is 110 Å². The predicted molar refractivity (Wildman–Crippen MR) is 72.0 cm³/mol. The number of hydrogen-bond donors (Lipinski definition) is 2. The maximum Gasteiger partial charge on any atom is 0.152 e. The van der Waals surface area contributed by atoms with Gasteiger partial charge in [0.25, 0.3) is 0 Å². The summed E-state index contributed by atoms with van der Waals surface area (Å²) in [7, 11) is -3.24. The van der Waals surface area contributed by atoms with Crippen molar-refractivity contribution in [2.75, 3.05) is 18.1 Å². The Morgan fingerprint density at radius 3 is 2.22 bits per heavy atom. The Morgan fingerprint density at radius 2 is 1.72 bits per heavy atom. The Hall–Kier alpha value is -0.130. The van der Waals surface area contributed by atoms with Gasteiger partial charge in [0.2, 0.25) is 0 Å². The highest BCUT2D eigenvalue weighted by Crippen LogP contribution is 2.34. The van der Waals surface area contributed by atoms with E-state index in [9.17, 15) is 13.5 Å². The minimum atomic E-state index is -3.24. The lowest BCUT2D eigenvalue weighted by Crippen LogP contribution is -2.28. The lowest BCUT2D eigenvalue weighted by molar-refractivity contribution is 0.112. The van der Waals surface area contributed by atoms with Crippen molar-refractivity contribution in [3.8, 4) is 0 Å². The molecule has 0 aromatic rings. The van der Waals surface area contributed by atoms with E-state index < -0.39 is 22.5 Å². The summed E-state index contributed by atoms with van der Waals surface area (Å²) < 4.78 is 23.5. The summed E-state index contributed by atoms with van der Waals surface area (Å²) in [5.74, 6) is 1.67. The van der Waals surface area contributed by atoms with Crippen molar-refractivity contribution in [1.29, 1.82) is 0 Å². The van der Waals surface area contributed by atoms with Gasteiger partial charge in [-0.15, -0.1) is 0 Å². The van der Waals surface area contributed by atoms with Crippen LogP contribution in [-0.4, -0.2) is 42.8 Å². The zero-order chi connectivity index (χ0) is 13.8. The lowest BCUT2D eigenvalue weighted by atomic mass is 9.76. The summed E-state index contributed by atoms with van der Waals surface area (Å²) in [6.07, 6.45) is 3.02. The molecule has 0 heterocycles. The van der Waals surface area contributed by atoms with Gasteiger partial charge < -0.3 is 10.2 Å². The van der Waals surface area contributed by atoms with Crippen LogP contribution in [0.25, 0.3) is 0 Å². The van der Waals surface area contributed by atoms with Crippen molar-refractivity contribution in [3.63, 3.8) is 0 Å². The molecule has 1 rings (SSSR count). The fourth-order valence-corrected chi connectivity index (χ4v) is 4.68. The van der Waals surface area contributed by atoms with Gasteiger partial charge in [0.15, 0.2) is 9.84 Å². The largest absolute Gasteiger partial charge is 0.394 e. The number of aliphatic hydroxyl groups is 2. The molecular weight excluding hydrogens is 252 g/mol. The summed E-state index contributed by atoms with van der Waals surface area (Å²) >= 11 is 0. The van der Waals surface area contributed by atoms with Crippen molar-refractivity contribution in [2.24, 2.45) is 17.8 Å². The van der Waals surface area contributed by atoms with Crippen LogP contribution in [0.5, 0.6) is 0 Å². The fourth-order valence-electron chi connectivity index (χ4n) is 3.12. The Kier molecular flexibility index (Phi) is 6.08. The predicted octanol–water partition coefficient (Wildman–Crippen LogP) is 1.22. The number of sulfone groups is 1. The molecule has 2 N–H and O–H groups in total. The average molecular weight is 278 g/mol. The van der Waals surface area contributed by atoms with E-state index in [1.165, 1.54) is 6.42 Å². The standard InChI is InChI=1S/C13H26O4S/c1-10-5-11(2)7-12(6-10)3-4-18(16,17)9-13(15)8-14/h10-15H,3-9H2,1-2H3/t10-,11-,13+/m1/s1. The molecule has 0 unspecified atom stereocenters. The molecule has 0 aromatic carbocycles. The molecule has 1 fully saturated rings. The first-order chi connectivity index (χ1) is 8.32. The van der Waals surface area contributed by atoms with Gasteiger partial charge in [0.1, 0.15) is 0 Å². The minimum Gasteiger partial charge on any atom is -0.394 e. The van der Waals surface area contributed by atoms with Crippen LogP contribution < -0.4 is 0 Å². The molecule has 108 valence electrons. The van der Waals surface area contributed by atoms with Gasteiger partial charge in [-0.1, -0.05) is 13.8 Å². The molecule has 0 amide bonds. The third kappa shape index (κ3) is 5.67. The van der Waals surface area contributed by atoms with Crippen molar-refractivity contribution < 1.29 is 18.6 Å². The first-order valence-electron chi connectivity index (χ1n) is 6.81. The van der Waals surface area contributed by atoms with Gasteiger partial charge in [0, 0.05) is 0 Å². The smallest absolute Gasteiger partial charge is 0.152 e.